The predicted octanol–water partition coefficient (Wildman–Crippen LogP) is 5.64. The highest BCUT2D eigenvalue weighted by Crippen LogP contribution is 2.45. The van der Waals surface area contributed by atoms with Gasteiger partial charge in [-0.2, -0.15) is 0 Å². The molecule has 1 N–H and O–H groups in total. The molecule has 1 amide bonds. The van der Waals surface area contributed by atoms with Crippen molar-refractivity contribution in [2.45, 2.75) is 6.04 Å². The van der Waals surface area contributed by atoms with Crippen LogP contribution in [0.25, 0.3) is 5.76 Å². The van der Waals surface area contributed by atoms with Gasteiger partial charge in [-0.15, -0.1) is 0 Å². The number of aliphatic hydroxyl groups excluding tert-OH is 1. The molecule has 4 rings (SSSR count). The van der Waals surface area contributed by atoms with Gasteiger partial charge in [-0.1, -0.05) is 59.6 Å². The minimum atomic E-state index is -0.941. The van der Waals surface area contributed by atoms with Gasteiger partial charge in [-0.3, -0.25) is 14.5 Å². The van der Waals surface area contributed by atoms with Crippen LogP contribution in [0.5, 0.6) is 11.5 Å². The lowest BCUT2D eigenvalue weighted by molar-refractivity contribution is -0.132. The molecule has 8 heteroatoms. The van der Waals surface area contributed by atoms with Crippen molar-refractivity contribution in [1.29, 1.82) is 0 Å². The van der Waals surface area contributed by atoms with Crippen molar-refractivity contribution in [2.24, 2.45) is 0 Å². The zero-order valence-electron chi connectivity index (χ0n) is 17.7. The van der Waals surface area contributed by atoms with E-state index in [4.69, 9.17) is 32.7 Å². The summed E-state index contributed by atoms with van der Waals surface area (Å²) in [6, 6.07) is 17.7. The molecule has 0 aromatic heterocycles. The molecule has 1 heterocycles. The number of ether oxygens (including phenoxy) is 2. The molecule has 1 saturated heterocycles. The highest BCUT2D eigenvalue weighted by molar-refractivity contribution is 6.51. The van der Waals surface area contributed by atoms with E-state index in [1.165, 1.54) is 31.3 Å². The Morgan fingerprint density at radius 2 is 1.52 bits per heavy atom. The first-order chi connectivity index (χ1) is 15.9. The molecule has 1 aliphatic heterocycles. The van der Waals surface area contributed by atoms with Crippen LogP contribution >= 0.6 is 23.2 Å². The fourth-order valence-electron chi connectivity index (χ4n) is 3.92. The monoisotopic (exact) mass is 483 g/mol. The van der Waals surface area contributed by atoms with Crippen LogP contribution < -0.4 is 14.4 Å². The molecular formula is C25H19Cl2NO5. The van der Waals surface area contributed by atoms with Crippen LogP contribution in [-0.4, -0.2) is 31.0 Å². The molecule has 168 valence electrons. The van der Waals surface area contributed by atoms with Crippen LogP contribution in [0.3, 0.4) is 0 Å². The van der Waals surface area contributed by atoms with E-state index in [1.807, 2.05) is 0 Å². The highest BCUT2D eigenvalue weighted by Gasteiger charge is 2.47. The fraction of sp³-hybridized carbons (Fsp3) is 0.120. The van der Waals surface area contributed by atoms with Gasteiger partial charge in [0.2, 0.25) is 0 Å². The average molecular weight is 484 g/mol. The number of methoxy groups -OCH3 is 2. The van der Waals surface area contributed by atoms with Gasteiger partial charge in [-0.05, 0) is 30.3 Å². The molecule has 0 bridgehead atoms. The molecule has 0 radical (unpaired) electrons. The Hall–Kier alpha value is -3.48. The highest BCUT2D eigenvalue weighted by atomic mass is 35.5. The Balaban J connectivity index is 1.99. The number of carbonyl (C=O) groups is 2. The number of benzene rings is 3. The van der Waals surface area contributed by atoms with Gasteiger partial charge >= 0.3 is 0 Å². The molecule has 1 atom stereocenters. The van der Waals surface area contributed by atoms with E-state index < -0.39 is 23.5 Å². The van der Waals surface area contributed by atoms with Crippen molar-refractivity contribution in [3.8, 4) is 11.5 Å². The number of hydrogen-bond donors (Lipinski definition) is 1. The number of ketones is 1. The zero-order valence-corrected chi connectivity index (χ0v) is 19.2. The second-order valence-corrected chi connectivity index (χ2v) is 8.03. The van der Waals surface area contributed by atoms with E-state index in [0.717, 1.165) is 0 Å². The Kier molecular flexibility index (Phi) is 6.31. The van der Waals surface area contributed by atoms with Gasteiger partial charge in [0.05, 0.1) is 35.9 Å². The maximum atomic E-state index is 13.2. The number of rotatable bonds is 5. The van der Waals surface area contributed by atoms with Gasteiger partial charge in [0, 0.05) is 16.8 Å². The smallest absolute Gasteiger partial charge is 0.300 e. The van der Waals surface area contributed by atoms with E-state index in [2.05, 4.69) is 0 Å². The van der Waals surface area contributed by atoms with Crippen molar-refractivity contribution in [1.82, 2.24) is 0 Å². The summed E-state index contributed by atoms with van der Waals surface area (Å²) in [5, 5.41) is 11.6. The Morgan fingerprint density at radius 1 is 0.909 bits per heavy atom. The molecular weight excluding hydrogens is 465 g/mol. The third-order valence-electron chi connectivity index (χ3n) is 5.39. The summed E-state index contributed by atoms with van der Waals surface area (Å²) in [7, 11) is 2.91. The second kappa shape index (κ2) is 9.17. The van der Waals surface area contributed by atoms with E-state index in [1.54, 1.807) is 54.6 Å². The molecule has 33 heavy (non-hydrogen) atoms. The standard InChI is InChI=1S/C25H19Cl2NO5/c1-32-19-11-7-6-10-16(19)21-20(22(29)14-12-17(26)24(33-2)18(27)13-14)23(30)25(31)28(21)15-8-4-3-5-9-15/h3-13,21,29H,1-2H3/b22-20+. The normalized spacial score (nSPS) is 17.3. The summed E-state index contributed by atoms with van der Waals surface area (Å²) in [6.45, 7) is 0. The number of nitrogens with zero attached hydrogens (tertiary/aromatic N) is 1. The van der Waals surface area contributed by atoms with E-state index in [-0.39, 0.29) is 26.9 Å². The lowest BCUT2D eigenvalue weighted by Crippen LogP contribution is -2.29. The SMILES string of the molecule is COc1ccccc1C1/C(=C(\O)c2cc(Cl)c(OC)c(Cl)c2)C(=O)C(=O)N1c1ccccc1. The topological polar surface area (TPSA) is 76.1 Å². The number of halogens is 2. The van der Waals surface area contributed by atoms with Crippen LogP contribution in [0.1, 0.15) is 17.2 Å². The second-order valence-electron chi connectivity index (χ2n) is 7.22. The fourth-order valence-corrected chi connectivity index (χ4v) is 4.56. The molecule has 6 nitrogen and oxygen atoms in total. The van der Waals surface area contributed by atoms with Gasteiger partial charge in [0.25, 0.3) is 11.7 Å². The summed E-state index contributed by atoms with van der Waals surface area (Å²) >= 11 is 12.5. The van der Waals surface area contributed by atoms with Crippen molar-refractivity contribution in [2.75, 3.05) is 19.1 Å². The number of aliphatic hydroxyl groups is 1. The summed E-state index contributed by atoms with van der Waals surface area (Å²) in [5.74, 6) is -1.32. The summed E-state index contributed by atoms with van der Waals surface area (Å²) in [6.07, 6.45) is 0. The summed E-state index contributed by atoms with van der Waals surface area (Å²) in [4.78, 5) is 27.8. The Bertz CT molecular complexity index is 1250. The first-order valence-corrected chi connectivity index (χ1v) is 10.7. The van der Waals surface area contributed by atoms with Crippen LogP contribution in [0, 0.1) is 0 Å². The van der Waals surface area contributed by atoms with Crippen LogP contribution in [0.4, 0.5) is 5.69 Å². The molecule has 0 saturated carbocycles. The first kappa shape index (κ1) is 22.7. The van der Waals surface area contributed by atoms with Crippen molar-refractivity contribution >= 4 is 46.3 Å². The Morgan fingerprint density at radius 3 is 2.12 bits per heavy atom. The lowest BCUT2D eigenvalue weighted by Gasteiger charge is -2.26. The molecule has 3 aromatic rings. The number of para-hydroxylation sites is 2. The molecule has 1 fully saturated rings. The first-order valence-electron chi connectivity index (χ1n) is 9.91. The van der Waals surface area contributed by atoms with Crippen LogP contribution in [0.15, 0.2) is 72.3 Å². The van der Waals surface area contributed by atoms with Crippen LogP contribution in [0.2, 0.25) is 10.0 Å². The molecule has 1 unspecified atom stereocenters. The molecule has 0 spiro atoms. The maximum Gasteiger partial charge on any atom is 0.300 e. The summed E-state index contributed by atoms with van der Waals surface area (Å²) in [5.41, 5.74) is 1.11. The van der Waals surface area contributed by atoms with Crippen molar-refractivity contribution in [3.05, 3.63) is 93.5 Å². The minimum Gasteiger partial charge on any atom is -0.507 e. The van der Waals surface area contributed by atoms with Crippen molar-refractivity contribution in [3.63, 3.8) is 0 Å². The van der Waals surface area contributed by atoms with E-state index in [9.17, 15) is 14.7 Å². The predicted molar refractivity (Wildman–Crippen MR) is 127 cm³/mol. The zero-order chi connectivity index (χ0) is 23.7. The third-order valence-corrected chi connectivity index (χ3v) is 5.95. The molecule has 3 aromatic carbocycles. The van der Waals surface area contributed by atoms with Gasteiger partial charge in [0.1, 0.15) is 11.5 Å². The average Bonchev–Trinajstić information content (AvgIpc) is 3.09. The third kappa shape index (κ3) is 3.92. The summed E-state index contributed by atoms with van der Waals surface area (Å²) < 4.78 is 10.7. The Labute approximate surface area is 200 Å². The number of carbonyl (C=O) groups excluding carboxylic acids is 2. The van der Waals surface area contributed by atoms with Gasteiger partial charge in [-0.25, -0.2) is 0 Å². The molecule has 1 aliphatic rings. The molecule has 0 aliphatic carbocycles. The van der Waals surface area contributed by atoms with Gasteiger partial charge in [0.15, 0.2) is 5.75 Å². The number of Topliss-reactive ketones (excluding diaryl/α,β-unsaturated/α-hetero) is 1. The number of amides is 1. The largest absolute Gasteiger partial charge is 0.507 e. The minimum absolute atomic E-state index is 0.106. The number of hydrogen-bond acceptors (Lipinski definition) is 5. The maximum absolute atomic E-state index is 13.2. The van der Waals surface area contributed by atoms with Crippen LogP contribution in [-0.2, 0) is 9.59 Å². The lowest BCUT2D eigenvalue weighted by atomic mass is 9.94. The van der Waals surface area contributed by atoms with E-state index >= 15 is 0 Å². The van der Waals surface area contributed by atoms with E-state index in [0.29, 0.717) is 17.0 Å². The van der Waals surface area contributed by atoms with Gasteiger partial charge < -0.3 is 14.6 Å². The van der Waals surface area contributed by atoms with Crippen molar-refractivity contribution < 1.29 is 24.2 Å². The quantitative estimate of drug-likeness (QED) is 0.288. The number of anilines is 1.